The summed E-state index contributed by atoms with van der Waals surface area (Å²) >= 11 is 5.92. The van der Waals surface area contributed by atoms with Gasteiger partial charge in [0.1, 0.15) is 11.8 Å². The number of halogens is 1. The number of ether oxygens (including phenoxy) is 1. The summed E-state index contributed by atoms with van der Waals surface area (Å²) < 4.78 is 10.3. The highest BCUT2D eigenvalue weighted by atomic mass is 35.5. The lowest BCUT2D eigenvalue weighted by molar-refractivity contribution is -0.149. The zero-order valence-corrected chi connectivity index (χ0v) is 14.0. The molecular weight excluding hydrogens is 344 g/mol. The quantitative estimate of drug-likeness (QED) is 0.607. The van der Waals surface area contributed by atoms with Crippen molar-refractivity contribution in [3.05, 3.63) is 71.7 Å². The third-order valence-corrected chi connectivity index (χ3v) is 3.97. The Bertz CT molecular complexity index is 812. The largest absolute Gasteiger partial charge is 0.467 e. The maximum Gasteiger partial charge on any atom is 0.330 e. The molecule has 2 aromatic rings. The molecule has 1 atom stereocenters. The minimum absolute atomic E-state index is 0.393. The monoisotopic (exact) mass is 358 g/mol. The van der Waals surface area contributed by atoms with Gasteiger partial charge in [0.2, 0.25) is 0 Å². The van der Waals surface area contributed by atoms with Crippen LogP contribution in [0.3, 0.4) is 0 Å². The van der Waals surface area contributed by atoms with Crippen LogP contribution >= 0.6 is 11.6 Å². The van der Waals surface area contributed by atoms with Gasteiger partial charge in [0.25, 0.3) is 5.91 Å². The first-order valence-electron chi connectivity index (χ1n) is 7.56. The number of esters is 1. The molecular formula is C18H15ClN2O4. The minimum Gasteiger partial charge on any atom is -0.467 e. The molecule has 128 valence electrons. The maximum atomic E-state index is 12.4. The van der Waals surface area contributed by atoms with Gasteiger partial charge in [-0.05, 0) is 29.8 Å². The van der Waals surface area contributed by atoms with Crippen LogP contribution in [0.25, 0.3) is 0 Å². The third-order valence-electron chi connectivity index (χ3n) is 3.72. The summed E-state index contributed by atoms with van der Waals surface area (Å²) in [6.07, 6.45) is 3.02. The van der Waals surface area contributed by atoms with E-state index in [1.165, 1.54) is 11.3 Å². The number of furan rings is 1. The fraction of sp³-hybridized carbons (Fsp3) is 0.167. The van der Waals surface area contributed by atoms with Crippen molar-refractivity contribution in [3.63, 3.8) is 0 Å². The van der Waals surface area contributed by atoms with Crippen LogP contribution in [0, 0.1) is 0 Å². The minimum atomic E-state index is -0.663. The number of hydrogen-bond donors (Lipinski definition) is 0. The Morgan fingerprint density at radius 1 is 1.36 bits per heavy atom. The average molecular weight is 359 g/mol. The molecule has 7 heteroatoms. The van der Waals surface area contributed by atoms with Crippen LogP contribution in [0.5, 0.6) is 0 Å². The van der Waals surface area contributed by atoms with Crippen LogP contribution in [0.15, 0.2) is 64.8 Å². The van der Waals surface area contributed by atoms with Gasteiger partial charge in [-0.3, -0.25) is 4.79 Å². The van der Waals surface area contributed by atoms with Crippen molar-refractivity contribution in [2.75, 3.05) is 6.61 Å². The normalized spacial score (nSPS) is 16.4. The van der Waals surface area contributed by atoms with Gasteiger partial charge < -0.3 is 9.15 Å². The van der Waals surface area contributed by atoms with Crippen molar-refractivity contribution < 1.29 is 18.7 Å². The van der Waals surface area contributed by atoms with Gasteiger partial charge in [0.15, 0.2) is 6.61 Å². The van der Waals surface area contributed by atoms with Crippen LogP contribution in [0.1, 0.15) is 23.8 Å². The van der Waals surface area contributed by atoms with Gasteiger partial charge in [0, 0.05) is 17.5 Å². The number of carbonyl (C=O) groups excluding carboxylic acids is 2. The van der Waals surface area contributed by atoms with Crippen LogP contribution in [0.2, 0.25) is 5.02 Å². The molecule has 0 fully saturated rings. The molecule has 0 saturated carbocycles. The fourth-order valence-electron chi connectivity index (χ4n) is 2.52. The topological polar surface area (TPSA) is 72.1 Å². The number of benzene rings is 1. The zero-order valence-electron chi connectivity index (χ0n) is 13.2. The zero-order chi connectivity index (χ0) is 17.8. The summed E-state index contributed by atoms with van der Waals surface area (Å²) in [6, 6.07) is 10.3. The number of carbonyl (C=O) groups is 2. The first-order valence-corrected chi connectivity index (χ1v) is 7.94. The van der Waals surface area contributed by atoms with Crippen molar-refractivity contribution in [1.29, 1.82) is 0 Å². The second kappa shape index (κ2) is 7.36. The summed E-state index contributed by atoms with van der Waals surface area (Å²) in [5, 5.41) is 6.32. The molecule has 1 aromatic heterocycles. The fourth-order valence-corrected chi connectivity index (χ4v) is 2.64. The average Bonchev–Trinajstić information content (AvgIpc) is 3.29. The van der Waals surface area contributed by atoms with E-state index in [0.717, 1.165) is 17.4 Å². The number of amides is 1. The molecule has 0 spiro atoms. The first kappa shape index (κ1) is 17.0. The summed E-state index contributed by atoms with van der Waals surface area (Å²) in [7, 11) is 0. The van der Waals surface area contributed by atoms with Gasteiger partial charge in [0.05, 0.1) is 12.0 Å². The van der Waals surface area contributed by atoms with E-state index in [1.54, 1.807) is 24.3 Å². The van der Waals surface area contributed by atoms with Gasteiger partial charge >= 0.3 is 5.97 Å². The molecule has 0 bridgehead atoms. The summed E-state index contributed by atoms with van der Waals surface area (Å²) in [5.41, 5.74) is 1.58. The maximum absolute atomic E-state index is 12.4. The molecule has 2 heterocycles. The number of rotatable bonds is 5. The first-order chi connectivity index (χ1) is 12.1. The third kappa shape index (κ3) is 3.80. The van der Waals surface area contributed by atoms with E-state index in [-0.39, 0.29) is 0 Å². The molecule has 1 aliphatic heterocycles. The highest BCUT2D eigenvalue weighted by Crippen LogP contribution is 2.33. The predicted octanol–water partition coefficient (Wildman–Crippen LogP) is 3.34. The molecule has 1 aromatic carbocycles. The van der Waals surface area contributed by atoms with Gasteiger partial charge in [-0.2, -0.15) is 5.10 Å². The summed E-state index contributed by atoms with van der Waals surface area (Å²) in [4.78, 5) is 23.6. The van der Waals surface area contributed by atoms with Crippen LogP contribution in [-0.4, -0.2) is 29.2 Å². The van der Waals surface area contributed by atoms with Gasteiger partial charge in [-0.25, -0.2) is 9.80 Å². The second-order valence-electron chi connectivity index (χ2n) is 5.34. The van der Waals surface area contributed by atoms with Crippen molar-refractivity contribution in [2.45, 2.75) is 12.5 Å². The van der Waals surface area contributed by atoms with Crippen LogP contribution in [0.4, 0.5) is 0 Å². The van der Waals surface area contributed by atoms with E-state index in [4.69, 9.17) is 20.8 Å². The number of hydrogen-bond acceptors (Lipinski definition) is 5. The standard InChI is InChI=1S/C18H15ClN2O4/c1-2-18(23)25-11-17(22)21-15(16-4-3-9-24-16)10-14(20-21)12-5-7-13(19)8-6-12/h2-9,15H,1,10-11H2/t15-/m0/s1. The van der Waals surface area contributed by atoms with E-state index >= 15 is 0 Å². The van der Waals surface area contributed by atoms with Gasteiger partial charge in [-0.1, -0.05) is 30.3 Å². The highest BCUT2D eigenvalue weighted by Gasteiger charge is 2.35. The molecule has 0 aliphatic carbocycles. The molecule has 1 amide bonds. The van der Waals surface area contributed by atoms with Crippen molar-refractivity contribution in [2.24, 2.45) is 5.10 Å². The van der Waals surface area contributed by atoms with E-state index in [9.17, 15) is 9.59 Å². The Kier molecular flexibility index (Phi) is 5.00. The van der Waals surface area contributed by atoms with E-state index in [0.29, 0.717) is 17.2 Å². The lowest BCUT2D eigenvalue weighted by atomic mass is 10.0. The number of hydrazone groups is 1. The highest BCUT2D eigenvalue weighted by molar-refractivity contribution is 6.30. The molecule has 0 N–H and O–H groups in total. The van der Waals surface area contributed by atoms with Crippen molar-refractivity contribution >= 4 is 29.2 Å². The lowest BCUT2D eigenvalue weighted by Gasteiger charge is -2.19. The molecule has 0 saturated heterocycles. The molecule has 1 aliphatic rings. The van der Waals surface area contributed by atoms with E-state index < -0.39 is 24.5 Å². The lowest BCUT2D eigenvalue weighted by Crippen LogP contribution is -2.31. The van der Waals surface area contributed by atoms with E-state index in [2.05, 4.69) is 11.7 Å². The summed E-state index contributed by atoms with van der Waals surface area (Å²) in [6.45, 7) is 2.88. The Labute approximate surface area is 149 Å². The Morgan fingerprint density at radius 2 is 2.12 bits per heavy atom. The van der Waals surface area contributed by atoms with E-state index in [1.807, 2.05) is 12.1 Å². The predicted molar refractivity (Wildman–Crippen MR) is 92.1 cm³/mol. The van der Waals surface area contributed by atoms with Crippen LogP contribution < -0.4 is 0 Å². The van der Waals surface area contributed by atoms with Crippen molar-refractivity contribution in [1.82, 2.24) is 5.01 Å². The Balaban J connectivity index is 1.84. The molecule has 0 radical (unpaired) electrons. The SMILES string of the molecule is C=CC(=O)OCC(=O)N1N=C(c2ccc(Cl)cc2)C[C@H]1c1ccco1. The van der Waals surface area contributed by atoms with Crippen LogP contribution in [-0.2, 0) is 14.3 Å². The Morgan fingerprint density at radius 3 is 2.76 bits per heavy atom. The molecule has 0 unspecified atom stereocenters. The molecule has 6 nitrogen and oxygen atoms in total. The smallest absolute Gasteiger partial charge is 0.330 e. The molecule has 3 rings (SSSR count). The van der Waals surface area contributed by atoms with Gasteiger partial charge in [-0.15, -0.1) is 0 Å². The summed E-state index contributed by atoms with van der Waals surface area (Å²) in [5.74, 6) is -0.499. The number of nitrogens with zero attached hydrogens (tertiary/aromatic N) is 2. The second-order valence-corrected chi connectivity index (χ2v) is 5.78. The Hall–Kier alpha value is -2.86. The molecule has 25 heavy (non-hydrogen) atoms. The van der Waals surface area contributed by atoms with Crippen molar-refractivity contribution in [3.8, 4) is 0 Å².